The van der Waals surface area contributed by atoms with Crippen molar-refractivity contribution >= 4 is 17.7 Å². The first-order valence-electron chi connectivity index (χ1n) is 6.52. The summed E-state index contributed by atoms with van der Waals surface area (Å²) in [5.74, 6) is 2.57. The monoisotopic (exact) mass is 281 g/mol. The summed E-state index contributed by atoms with van der Waals surface area (Å²) in [6.07, 6.45) is 1.07. The van der Waals surface area contributed by atoms with Gasteiger partial charge in [-0.3, -0.25) is 4.79 Å². The molecule has 1 unspecified atom stereocenters. The Morgan fingerprint density at radius 3 is 3.05 bits per heavy atom. The van der Waals surface area contributed by atoms with Crippen molar-refractivity contribution in [1.29, 1.82) is 0 Å². The van der Waals surface area contributed by atoms with Crippen molar-refractivity contribution in [2.24, 2.45) is 0 Å². The zero-order chi connectivity index (χ0) is 13.5. The number of carbonyl (C=O) groups excluding carboxylic acids is 1. The van der Waals surface area contributed by atoms with Crippen molar-refractivity contribution in [3.8, 4) is 5.75 Å². The summed E-state index contributed by atoms with van der Waals surface area (Å²) >= 11 is 1.73. The van der Waals surface area contributed by atoms with E-state index in [1.807, 2.05) is 24.3 Å². The Hall–Kier alpha value is -1.20. The van der Waals surface area contributed by atoms with E-state index >= 15 is 0 Å². The fourth-order valence-electron chi connectivity index (χ4n) is 1.96. The lowest BCUT2D eigenvalue weighted by molar-refractivity contribution is -0.127. The number of carbonyl (C=O) groups is 1. The molecule has 1 aromatic rings. The van der Waals surface area contributed by atoms with Crippen LogP contribution >= 0.6 is 11.8 Å². The molecule has 1 amide bonds. The molecule has 0 radical (unpaired) electrons. The lowest BCUT2D eigenvalue weighted by Crippen LogP contribution is -2.38. The predicted molar refractivity (Wildman–Crippen MR) is 76.6 cm³/mol. The molecule has 0 spiro atoms. The third kappa shape index (κ3) is 4.14. The van der Waals surface area contributed by atoms with Gasteiger partial charge in [-0.25, -0.2) is 0 Å². The number of aliphatic hydroxyl groups is 1. The number of hydrogen-bond acceptors (Lipinski definition) is 4. The van der Waals surface area contributed by atoms with Crippen molar-refractivity contribution in [3.05, 3.63) is 29.8 Å². The summed E-state index contributed by atoms with van der Waals surface area (Å²) in [5.41, 5.74) is 1.10. The van der Waals surface area contributed by atoms with Crippen LogP contribution in [0.25, 0.3) is 0 Å². The van der Waals surface area contributed by atoms with Crippen LogP contribution < -0.4 is 10.1 Å². The minimum Gasteiger partial charge on any atom is -0.480 e. The van der Waals surface area contributed by atoms with Crippen LogP contribution in [0.1, 0.15) is 12.0 Å². The number of aliphatic hydroxyl groups excluding tert-OH is 1. The molecule has 5 heteroatoms. The Kier molecular flexibility index (Phi) is 5.54. The van der Waals surface area contributed by atoms with E-state index < -0.39 is 0 Å². The first-order chi connectivity index (χ1) is 9.31. The minimum atomic E-state index is -0.389. The van der Waals surface area contributed by atoms with Crippen molar-refractivity contribution in [3.63, 3.8) is 0 Å². The molecule has 2 rings (SSSR count). The summed E-state index contributed by atoms with van der Waals surface area (Å²) in [7, 11) is 0. The largest absolute Gasteiger partial charge is 0.480 e. The predicted octanol–water partition coefficient (Wildman–Crippen LogP) is 1.22. The number of fused-ring (bicyclic) bond motifs is 1. The van der Waals surface area contributed by atoms with Crippen molar-refractivity contribution < 1.29 is 14.6 Å². The van der Waals surface area contributed by atoms with Gasteiger partial charge in [0, 0.05) is 25.3 Å². The number of para-hydroxylation sites is 1. The summed E-state index contributed by atoms with van der Waals surface area (Å²) in [6.45, 7) is 0.874. The van der Waals surface area contributed by atoms with E-state index in [-0.39, 0.29) is 18.6 Å². The van der Waals surface area contributed by atoms with Crippen LogP contribution in [0.2, 0.25) is 0 Å². The third-order valence-corrected chi connectivity index (χ3v) is 4.00. The van der Waals surface area contributed by atoms with Crippen molar-refractivity contribution in [2.45, 2.75) is 18.9 Å². The van der Waals surface area contributed by atoms with Gasteiger partial charge in [-0.15, -0.1) is 0 Å². The molecule has 0 aromatic heterocycles. The molecule has 0 bridgehead atoms. The average Bonchev–Trinajstić information content (AvgIpc) is 2.86. The average molecular weight is 281 g/mol. The first-order valence-corrected chi connectivity index (χ1v) is 7.67. The number of hydrogen-bond donors (Lipinski definition) is 2. The summed E-state index contributed by atoms with van der Waals surface area (Å²) in [5, 5.41) is 11.5. The van der Waals surface area contributed by atoms with Crippen LogP contribution in [-0.2, 0) is 11.2 Å². The van der Waals surface area contributed by atoms with Gasteiger partial charge in [0.05, 0.1) is 0 Å². The molecule has 1 heterocycles. The molecule has 4 nitrogen and oxygen atoms in total. The molecule has 104 valence electrons. The molecule has 1 aromatic carbocycles. The molecule has 0 fully saturated rings. The van der Waals surface area contributed by atoms with Gasteiger partial charge in [0.25, 0.3) is 5.91 Å². The molecule has 1 atom stereocenters. The van der Waals surface area contributed by atoms with Crippen LogP contribution in [0.15, 0.2) is 24.3 Å². The summed E-state index contributed by atoms with van der Waals surface area (Å²) < 4.78 is 5.61. The second-order valence-electron chi connectivity index (χ2n) is 4.40. The van der Waals surface area contributed by atoms with E-state index in [2.05, 4.69) is 5.32 Å². The van der Waals surface area contributed by atoms with Gasteiger partial charge >= 0.3 is 0 Å². The molecule has 1 aliphatic rings. The maximum Gasteiger partial charge on any atom is 0.261 e. The Morgan fingerprint density at radius 1 is 1.42 bits per heavy atom. The molecule has 0 aliphatic carbocycles. The van der Waals surface area contributed by atoms with E-state index in [4.69, 9.17) is 9.84 Å². The van der Waals surface area contributed by atoms with Crippen LogP contribution in [0.5, 0.6) is 5.75 Å². The molecular weight excluding hydrogens is 262 g/mol. The molecule has 2 N–H and O–H groups in total. The zero-order valence-electron chi connectivity index (χ0n) is 10.8. The van der Waals surface area contributed by atoms with E-state index in [1.165, 1.54) is 0 Å². The Morgan fingerprint density at radius 2 is 2.26 bits per heavy atom. The van der Waals surface area contributed by atoms with Crippen LogP contribution in [-0.4, -0.2) is 41.8 Å². The maximum absolute atomic E-state index is 11.9. The molecule has 0 saturated heterocycles. The van der Waals surface area contributed by atoms with Gasteiger partial charge in [-0.2, -0.15) is 11.8 Å². The lowest BCUT2D eigenvalue weighted by atomic mass is 10.1. The normalized spacial score (nSPS) is 16.8. The Bertz CT molecular complexity index is 400. The fraction of sp³-hybridized carbons (Fsp3) is 0.500. The highest BCUT2D eigenvalue weighted by molar-refractivity contribution is 7.99. The molecule has 1 aliphatic heterocycles. The lowest BCUT2D eigenvalue weighted by Gasteiger charge is -2.11. The number of nitrogens with one attached hydrogen (secondary N) is 1. The Balaban J connectivity index is 1.66. The number of ether oxygens (including phenoxy) is 1. The van der Waals surface area contributed by atoms with Crippen LogP contribution in [0.3, 0.4) is 0 Å². The summed E-state index contributed by atoms with van der Waals surface area (Å²) in [6, 6.07) is 7.76. The smallest absolute Gasteiger partial charge is 0.261 e. The zero-order valence-corrected chi connectivity index (χ0v) is 11.6. The number of thioether (sulfide) groups is 1. The SMILES string of the molecule is O=C(NCCSCCCO)C1Cc2ccccc2O1. The van der Waals surface area contributed by atoms with Gasteiger partial charge in [0.1, 0.15) is 5.75 Å². The Labute approximate surface area is 117 Å². The van der Waals surface area contributed by atoms with E-state index in [0.29, 0.717) is 13.0 Å². The van der Waals surface area contributed by atoms with Crippen molar-refractivity contribution in [1.82, 2.24) is 5.32 Å². The van der Waals surface area contributed by atoms with Gasteiger partial charge < -0.3 is 15.2 Å². The number of amides is 1. The highest BCUT2D eigenvalue weighted by Crippen LogP contribution is 2.27. The molecule has 19 heavy (non-hydrogen) atoms. The second kappa shape index (κ2) is 7.40. The second-order valence-corrected chi connectivity index (χ2v) is 5.62. The van der Waals surface area contributed by atoms with E-state index in [1.54, 1.807) is 11.8 Å². The standard InChI is InChI=1S/C14H19NO3S/c16-7-3-8-19-9-6-15-14(17)13-10-11-4-1-2-5-12(11)18-13/h1-2,4-5,13,16H,3,6-10H2,(H,15,17). The van der Waals surface area contributed by atoms with Crippen LogP contribution in [0, 0.1) is 0 Å². The summed E-state index contributed by atoms with van der Waals surface area (Å²) in [4.78, 5) is 11.9. The van der Waals surface area contributed by atoms with Gasteiger partial charge in [0.15, 0.2) is 6.10 Å². The first kappa shape index (κ1) is 14.2. The number of rotatable bonds is 7. The highest BCUT2D eigenvalue weighted by atomic mass is 32.2. The topological polar surface area (TPSA) is 58.6 Å². The number of benzene rings is 1. The third-order valence-electron chi connectivity index (χ3n) is 2.93. The van der Waals surface area contributed by atoms with Crippen LogP contribution in [0.4, 0.5) is 0 Å². The highest BCUT2D eigenvalue weighted by Gasteiger charge is 2.28. The molecular formula is C14H19NO3S. The van der Waals surface area contributed by atoms with Gasteiger partial charge in [0.2, 0.25) is 0 Å². The van der Waals surface area contributed by atoms with Gasteiger partial charge in [-0.05, 0) is 23.8 Å². The van der Waals surface area contributed by atoms with Crippen molar-refractivity contribution in [2.75, 3.05) is 24.7 Å². The minimum absolute atomic E-state index is 0.0426. The van der Waals surface area contributed by atoms with E-state index in [0.717, 1.165) is 29.2 Å². The van der Waals surface area contributed by atoms with Gasteiger partial charge in [-0.1, -0.05) is 18.2 Å². The van der Waals surface area contributed by atoms with E-state index in [9.17, 15) is 4.79 Å². The maximum atomic E-state index is 11.9. The molecule has 0 saturated carbocycles. The fourth-order valence-corrected chi connectivity index (χ4v) is 2.74. The quantitative estimate of drug-likeness (QED) is 0.738.